The fourth-order valence-corrected chi connectivity index (χ4v) is 2.35. The Kier molecular flexibility index (Phi) is 4.75. The van der Waals surface area contributed by atoms with E-state index < -0.39 is 0 Å². The Bertz CT molecular complexity index is 555. The maximum Gasteiger partial charge on any atom is 0.0806 e. The van der Waals surface area contributed by atoms with Gasteiger partial charge in [-0.1, -0.05) is 36.2 Å². The van der Waals surface area contributed by atoms with Crippen LogP contribution in [-0.2, 0) is 0 Å². The molecule has 2 aromatic heterocycles. The predicted molar refractivity (Wildman–Crippen MR) is 78.8 cm³/mol. The summed E-state index contributed by atoms with van der Waals surface area (Å²) in [7, 11) is 0. The first-order valence-corrected chi connectivity index (χ1v) is 6.84. The van der Waals surface area contributed by atoms with E-state index in [-0.39, 0.29) is 6.04 Å². The molecule has 0 saturated carbocycles. The van der Waals surface area contributed by atoms with Crippen LogP contribution in [0.4, 0.5) is 0 Å². The molecule has 0 bridgehead atoms. The highest BCUT2D eigenvalue weighted by atomic mass is 35.5. The van der Waals surface area contributed by atoms with Gasteiger partial charge in [-0.3, -0.25) is 9.97 Å². The number of hydrogen-bond acceptors (Lipinski definition) is 3. The number of pyridine rings is 2. The molecule has 0 saturated heterocycles. The van der Waals surface area contributed by atoms with Crippen molar-refractivity contribution in [2.45, 2.75) is 19.9 Å². The van der Waals surface area contributed by atoms with Gasteiger partial charge in [0.05, 0.1) is 21.8 Å². The van der Waals surface area contributed by atoms with E-state index >= 15 is 0 Å². The standard InChI is InChI=1S/C14H15Cl2N3/c1-3-17-13(10-5-4-9(2)18-7-10)14-12(16)6-11(15)8-19-14/h4-8,13,17H,3H2,1-2H3. The lowest BCUT2D eigenvalue weighted by atomic mass is 10.0. The van der Waals surface area contributed by atoms with Gasteiger partial charge in [-0.2, -0.15) is 0 Å². The molecular formula is C14H15Cl2N3. The van der Waals surface area contributed by atoms with E-state index in [1.165, 1.54) is 0 Å². The van der Waals surface area contributed by atoms with E-state index in [4.69, 9.17) is 23.2 Å². The van der Waals surface area contributed by atoms with Gasteiger partial charge < -0.3 is 5.32 Å². The zero-order valence-corrected chi connectivity index (χ0v) is 12.3. The Balaban J connectivity index is 2.41. The first-order chi connectivity index (χ1) is 9.11. The molecule has 2 rings (SSSR count). The summed E-state index contributed by atoms with van der Waals surface area (Å²) in [4.78, 5) is 8.66. The topological polar surface area (TPSA) is 37.8 Å². The number of halogens is 2. The van der Waals surface area contributed by atoms with Crippen molar-refractivity contribution in [1.29, 1.82) is 0 Å². The van der Waals surface area contributed by atoms with Crippen LogP contribution < -0.4 is 5.32 Å². The third-order valence-corrected chi connectivity index (χ3v) is 3.29. The summed E-state index contributed by atoms with van der Waals surface area (Å²) in [6.45, 7) is 4.80. The third kappa shape index (κ3) is 3.44. The van der Waals surface area contributed by atoms with E-state index in [1.807, 2.05) is 32.2 Å². The van der Waals surface area contributed by atoms with Gasteiger partial charge in [-0.25, -0.2) is 0 Å². The molecule has 3 nitrogen and oxygen atoms in total. The normalized spacial score (nSPS) is 12.4. The highest BCUT2D eigenvalue weighted by Crippen LogP contribution is 2.28. The van der Waals surface area contributed by atoms with Crippen LogP contribution in [0.2, 0.25) is 10.0 Å². The van der Waals surface area contributed by atoms with Crippen LogP contribution in [0.25, 0.3) is 0 Å². The number of nitrogens with one attached hydrogen (secondary N) is 1. The molecule has 0 fully saturated rings. The largest absolute Gasteiger partial charge is 0.305 e. The summed E-state index contributed by atoms with van der Waals surface area (Å²) in [5.41, 5.74) is 2.77. The van der Waals surface area contributed by atoms with Gasteiger partial charge in [-0.05, 0) is 31.2 Å². The van der Waals surface area contributed by atoms with Gasteiger partial charge in [0.1, 0.15) is 0 Å². The zero-order valence-electron chi connectivity index (χ0n) is 10.8. The molecule has 0 aliphatic heterocycles. The molecule has 0 aliphatic rings. The molecule has 1 atom stereocenters. The zero-order chi connectivity index (χ0) is 13.8. The molecule has 0 aromatic carbocycles. The Labute approximate surface area is 123 Å². The van der Waals surface area contributed by atoms with Crippen molar-refractivity contribution in [3.8, 4) is 0 Å². The summed E-state index contributed by atoms with van der Waals surface area (Å²) in [6.07, 6.45) is 3.45. The summed E-state index contributed by atoms with van der Waals surface area (Å²) < 4.78 is 0. The van der Waals surface area contributed by atoms with Crippen molar-refractivity contribution >= 4 is 23.2 Å². The molecule has 1 unspecified atom stereocenters. The summed E-state index contributed by atoms with van der Waals surface area (Å²) in [6, 6.07) is 5.63. The third-order valence-electron chi connectivity index (χ3n) is 2.79. The Morgan fingerprint density at radius 2 is 2.00 bits per heavy atom. The maximum absolute atomic E-state index is 6.23. The minimum Gasteiger partial charge on any atom is -0.305 e. The highest BCUT2D eigenvalue weighted by Gasteiger charge is 2.18. The van der Waals surface area contributed by atoms with Gasteiger partial charge in [0.25, 0.3) is 0 Å². The van der Waals surface area contributed by atoms with Crippen molar-refractivity contribution in [2.24, 2.45) is 0 Å². The van der Waals surface area contributed by atoms with Crippen LogP contribution in [0.5, 0.6) is 0 Å². The van der Waals surface area contributed by atoms with Crippen LogP contribution in [0.15, 0.2) is 30.6 Å². The first-order valence-electron chi connectivity index (χ1n) is 6.08. The Morgan fingerprint density at radius 3 is 2.58 bits per heavy atom. The lowest BCUT2D eigenvalue weighted by Gasteiger charge is -2.19. The van der Waals surface area contributed by atoms with Crippen LogP contribution in [0.1, 0.15) is 29.9 Å². The number of rotatable bonds is 4. The SMILES string of the molecule is CCNC(c1ccc(C)nc1)c1ncc(Cl)cc1Cl. The van der Waals surface area contributed by atoms with Gasteiger partial charge in [0.15, 0.2) is 0 Å². The van der Waals surface area contributed by atoms with Crippen molar-refractivity contribution < 1.29 is 0 Å². The quantitative estimate of drug-likeness (QED) is 0.932. The molecule has 2 heterocycles. The van der Waals surface area contributed by atoms with Crippen LogP contribution >= 0.6 is 23.2 Å². The average Bonchev–Trinajstić information content (AvgIpc) is 2.38. The molecular weight excluding hydrogens is 281 g/mol. The van der Waals surface area contributed by atoms with Crippen molar-refractivity contribution in [1.82, 2.24) is 15.3 Å². The number of nitrogens with zero attached hydrogens (tertiary/aromatic N) is 2. The Morgan fingerprint density at radius 1 is 1.21 bits per heavy atom. The summed E-state index contributed by atoms with van der Waals surface area (Å²) in [5.74, 6) is 0. The fourth-order valence-electron chi connectivity index (χ4n) is 1.86. The number of hydrogen-bond donors (Lipinski definition) is 1. The van der Waals surface area contributed by atoms with E-state index in [2.05, 4.69) is 15.3 Å². The highest BCUT2D eigenvalue weighted by molar-refractivity contribution is 6.34. The predicted octanol–water partition coefficient (Wildman–Crippen LogP) is 3.79. The van der Waals surface area contributed by atoms with Crippen molar-refractivity contribution in [2.75, 3.05) is 6.54 Å². The monoisotopic (exact) mass is 295 g/mol. The van der Waals surface area contributed by atoms with Crippen LogP contribution in [0.3, 0.4) is 0 Å². The molecule has 19 heavy (non-hydrogen) atoms. The molecule has 1 N–H and O–H groups in total. The number of aromatic nitrogens is 2. The van der Waals surface area contributed by atoms with Crippen LogP contribution in [0, 0.1) is 6.92 Å². The minimum absolute atomic E-state index is 0.0807. The van der Waals surface area contributed by atoms with Gasteiger partial charge in [-0.15, -0.1) is 0 Å². The molecule has 0 radical (unpaired) electrons. The maximum atomic E-state index is 6.23. The smallest absolute Gasteiger partial charge is 0.0806 e. The minimum atomic E-state index is -0.0807. The second-order valence-electron chi connectivity index (χ2n) is 4.24. The lowest BCUT2D eigenvalue weighted by molar-refractivity contribution is 0.613. The van der Waals surface area contributed by atoms with Crippen molar-refractivity contribution in [3.63, 3.8) is 0 Å². The van der Waals surface area contributed by atoms with E-state index in [9.17, 15) is 0 Å². The van der Waals surface area contributed by atoms with Crippen LogP contribution in [-0.4, -0.2) is 16.5 Å². The molecule has 0 spiro atoms. The van der Waals surface area contributed by atoms with E-state index in [0.29, 0.717) is 10.0 Å². The summed E-state index contributed by atoms with van der Waals surface area (Å²) >= 11 is 12.1. The van der Waals surface area contributed by atoms with Crippen molar-refractivity contribution in [3.05, 3.63) is 57.6 Å². The van der Waals surface area contributed by atoms with Gasteiger partial charge in [0.2, 0.25) is 0 Å². The van der Waals surface area contributed by atoms with Gasteiger partial charge in [0, 0.05) is 18.1 Å². The molecule has 5 heteroatoms. The second kappa shape index (κ2) is 6.33. The first kappa shape index (κ1) is 14.3. The fraction of sp³-hybridized carbons (Fsp3) is 0.286. The molecule has 100 valence electrons. The molecule has 0 amide bonds. The molecule has 2 aromatic rings. The second-order valence-corrected chi connectivity index (χ2v) is 5.09. The Hall–Kier alpha value is -1.16. The molecule has 0 aliphatic carbocycles. The lowest BCUT2D eigenvalue weighted by Crippen LogP contribution is -2.23. The van der Waals surface area contributed by atoms with E-state index in [1.54, 1.807) is 12.3 Å². The van der Waals surface area contributed by atoms with Gasteiger partial charge >= 0.3 is 0 Å². The number of aryl methyl sites for hydroxylation is 1. The summed E-state index contributed by atoms with van der Waals surface area (Å²) in [5, 5.41) is 4.45. The van der Waals surface area contributed by atoms with E-state index in [0.717, 1.165) is 23.5 Å². The average molecular weight is 296 g/mol.